The number of hydrogen-bond acceptors (Lipinski definition) is 5. The van der Waals surface area contributed by atoms with Crippen LogP contribution in [0.2, 0.25) is 0 Å². The number of carbonyl (C=O) groups is 1. The molecule has 1 aliphatic heterocycles. The summed E-state index contributed by atoms with van der Waals surface area (Å²) in [6.45, 7) is 1.36. The summed E-state index contributed by atoms with van der Waals surface area (Å²) in [5, 5.41) is 3.07. The van der Waals surface area contributed by atoms with Gasteiger partial charge in [0.15, 0.2) is 5.82 Å². The van der Waals surface area contributed by atoms with Crippen LogP contribution in [0.4, 0.5) is 0 Å². The molecule has 1 fully saturated rings. The molecular formula is C10H16N4OS. The monoisotopic (exact) mass is 240 g/mol. The van der Waals surface area contributed by atoms with Crippen molar-refractivity contribution in [3.05, 3.63) is 11.3 Å². The second-order valence-corrected chi connectivity index (χ2v) is 4.55. The molecule has 1 amide bonds. The Kier molecular flexibility index (Phi) is 3.84. The zero-order valence-corrected chi connectivity index (χ0v) is 10.2. The molecule has 1 saturated heterocycles. The first-order chi connectivity index (χ1) is 7.81. The third-order valence-electron chi connectivity index (χ3n) is 2.87. The molecule has 1 unspecified atom stereocenters. The molecule has 2 rings (SSSR count). The Morgan fingerprint density at radius 3 is 3.19 bits per heavy atom. The Morgan fingerprint density at radius 2 is 2.50 bits per heavy atom. The fourth-order valence-corrected chi connectivity index (χ4v) is 2.41. The van der Waals surface area contributed by atoms with Crippen molar-refractivity contribution in [2.24, 2.45) is 0 Å². The standard InChI is InChI=1S/C10H16N4OS/c1-11-8-4-2-3-5-14(10(8)15)6-9-12-7-16-13-9/h7-8,11H,2-6H2,1H3. The molecule has 1 aliphatic rings. The molecule has 6 heteroatoms. The molecular weight excluding hydrogens is 224 g/mol. The first-order valence-electron chi connectivity index (χ1n) is 5.52. The Hall–Kier alpha value is -1.01. The van der Waals surface area contributed by atoms with E-state index in [4.69, 9.17) is 0 Å². The van der Waals surface area contributed by atoms with E-state index in [1.807, 2.05) is 11.9 Å². The summed E-state index contributed by atoms with van der Waals surface area (Å²) >= 11 is 1.33. The third kappa shape index (κ3) is 2.56. The minimum absolute atomic E-state index is 0.0406. The SMILES string of the molecule is CNC1CCCCN(Cc2ncsn2)C1=O. The normalized spacial score (nSPS) is 22.2. The van der Waals surface area contributed by atoms with E-state index in [2.05, 4.69) is 14.7 Å². The number of aromatic nitrogens is 2. The molecule has 16 heavy (non-hydrogen) atoms. The van der Waals surface area contributed by atoms with Gasteiger partial charge in [0.2, 0.25) is 5.91 Å². The van der Waals surface area contributed by atoms with Crippen molar-refractivity contribution in [2.75, 3.05) is 13.6 Å². The van der Waals surface area contributed by atoms with Gasteiger partial charge in [-0.1, -0.05) is 0 Å². The van der Waals surface area contributed by atoms with Gasteiger partial charge in [-0.05, 0) is 37.8 Å². The number of nitrogens with one attached hydrogen (secondary N) is 1. The highest BCUT2D eigenvalue weighted by Gasteiger charge is 2.26. The van der Waals surface area contributed by atoms with Crippen LogP contribution in [0.3, 0.4) is 0 Å². The van der Waals surface area contributed by atoms with Crippen molar-refractivity contribution >= 4 is 17.4 Å². The van der Waals surface area contributed by atoms with E-state index in [1.165, 1.54) is 11.5 Å². The number of nitrogens with zero attached hydrogens (tertiary/aromatic N) is 3. The topological polar surface area (TPSA) is 58.1 Å². The minimum Gasteiger partial charge on any atom is -0.334 e. The average Bonchev–Trinajstić information content (AvgIpc) is 2.73. The van der Waals surface area contributed by atoms with E-state index < -0.39 is 0 Å². The van der Waals surface area contributed by atoms with Gasteiger partial charge in [0, 0.05) is 6.54 Å². The third-order valence-corrected chi connectivity index (χ3v) is 3.38. The number of likely N-dealkylation sites (tertiary alicyclic amines) is 1. The first-order valence-corrected chi connectivity index (χ1v) is 6.36. The Bertz CT molecular complexity index is 341. The highest BCUT2D eigenvalue weighted by molar-refractivity contribution is 7.03. The summed E-state index contributed by atoms with van der Waals surface area (Å²) in [5.74, 6) is 0.921. The van der Waals surface area contributed by atoms with Gasteiger partial charge in [-0.25, -0.2) is 4.98 Å². The van der Waals surface area contributed by atoms with Crippen LogP contribution in [-0.4, -0.2) is 39.8 Å². The molecule has 0 saturated carbocycles. The van der Waals surface area contributed by atoms with Crippen molar-refractivity contribution in [3.63, 3.8) is 0 Å². The van der Waals surface area contributed by atoms with Crippen LogP contribution in [0, 0.1) is 0 Å². The van der Waals surface area contributed by atoms with Crippen molar-refractivity contribution in [3.8, 4) is 0 Å². The smallest absolute Gasteiger partial charge is 0.240 e. The van der Waals surface area contributed by atoms with Crippen LogP contribution >= 0.6 is 11.5 Å². The fourth-order valence-electron chi connectivity index (χ4n) is 1.96. The minimum atomic E-state index is -0.0406. The Balaban J connectivity index is 2.04. The quantitative estimate of drug-likeness (QED) is 0.842. The van der Waals surface area contributed by atoms with Crippen molar-refractivity contribution < 1.29 is 4.79 Å². The van der Waals surface area contributed by atoms with Gasteiger partial charge >= 0.3 is 0 Å². The van der Waals surface area contributed by atoms with E-state index >= 15 is 0 Å². The van der Waals surface area contributed by atoms with Crippen molar-refractivity contribution in [1.82, 2.24) is 19.6 Å². The van der Waals surface area contributed by atoms with E-state index in [9.17, 15) is 4.79 Å². The lowest BCUT2D eigenvalue weighted by molar-refractivity contribution is -0.133. The molecule has 0 aromatic carbocycles. The summed E-state index contributed by atoms with van der Waals surface area (Å²) in [6, 6.07) is -0.0406. The van der Waals surface area contributed by atoms with E-state index in [1.54, 1.807) is 5.51 Å². The molecule has 88 valence electrons. The summed E-state index contributed by atoms with van der Waals surface area (Å²) in [6.07, 6.45) is 3.09. The van der Waals surface area contributed by atoms with E-state index in [-0.39, 0.29) is 11.9 Å². The van der Waals surface area contributed by atoms with Gasteiger partial charge in [0.1, 0.15) is 5.51 Å². The largest absolute Gasteiger partial charge is 0.334 e. The van der Waals surface area contributed by atoms with Crippen molar-refractivity contribution in [1.29, 1.82) is 0 Å². The summed E-state index contributed by atoms with van der Waals surface area (Å²) in [7, 11) is 1.84. The lowest BCUT2D eigenvalue weighted by Gasteiger charge is -2.22. The van der Waals surface area contributed by atoms with Gasteiger partial charge in [0.25, 0.3) is 0 Å². The first kappa shape index (κ1) is 11.5. The highest BCUT2D eigenvalue weighted by Crippen LogP contribution is 2.14. The van der Waals surface area contributed by atoms with Gasteiger partial charge in [-0.2, -0.15) is 4.37 Å². The molecule has 1 atom stereocenters. The fraction of sp³-hybridized carbons (Fsp3) is 0.700. The van der Waals surface area contributed by atoms with Crippen LogP contribution in [0.25, 0.3) is 0 Å². The molecule has 1 aromatic rings. The summed E-state index contributed by atoms with van der Waals surface area (Å²) in [5.41, 5.74) is 1.70. The summed E-state index contributed by atoms with van der Waals surface area (Å²) < 4.78 is 4.14. The predicted molar refractivity (Wildman–Crippen MR) is 62.0 cm³/mol. The molecule has 0 spiro atoms. The lowest BCUT2D eigenvalue weighted by Crippen LogP contribution is -2.43. The van der Waals surface area contributed by atoms with E-state index in [0.717, 1.165) is 31.6 Å². The van der Waals surface area contributed by atoms with Crippen LogP contribution in [0.5, 0.6) is 0 Å². The highest BCUT2D eigenvalue weighted by atomic mass is 32.1. The maximum absolute atomic E-state index is 12.1. The van der Waals surface area contributed by atoms with Gasteiger partial charge < -0.3 is 10.2 Å². The molecule has 5 nitrogen and oxygen atoms in total. The molecule has 1 N–H and O–H groups in total. The number of rotatable bonds is 3. The van der Waals surface area contributed by atoms with Crippen LogP contribution in [0.1, 0.15) is 25.1 Å². The number of likely N-dealkylation sites (N-methyl/N-ethyl adjacent to an activating group) is 1. The van der Waals surface area contributed by atoms with Gasteiger partial charge in [-0.15, -0.1) is 0 Å². The maximum atomic E-state index is 12.1. The van der Waals surface area contributed by atoms with Crippen LogP contribution in [-0.2, 0) is 11.3 Å². The Labute approximate surface area is 99.0 Å². The molecule has 1 aromatic heterocycles. The maximum Gasteiger partial charge on any atom is 0.240 e. The summed E-state index contributed by atoms with van der Waals surface area (Å²) in [4.78, 5) is 18.1. The van der Waals surface area contributed by atoms with Crippen LogP contribution < -0.4 is 5.32 Å². The second-order valence-electron chi connectivity index (χ2n) is 3.94. The number of amides is 1. The molecule has 2 heterocycles. The Morgan fingerprint density at radius 1 is 1.62 bits per heavy atom. The number of hydrogen-bond donors (Lipinski definition) is 1. The van der Waals surface area contributed by atoms with Crippen molar-refractivity contribution in [2.45, 2.75) is 31.8 Å². The van der Waals surface area contributed by atoms with Gasteiger partial charge in [0.05, 0.1) is 12.6 Å². The molecule has 0 aliphatic carbocycles. The average molecular weight is 240 g/mol. The van der Waals surface area contributed by atoms with E-state index in [0.29, 0.717) is 6.54 Å². The van der Waals surface area contributed by atoms with Crippen LogP contribution in [0.15, 0.2) is 5.51 Å². The zero-order chi connectivity index (χ0) is 11.4. The zero-order valence-electron chi connectivity index (χ0n) is 9.35. The second kappa shape index (κ2) is 5.36. The van der Waals surface area contributed by atoms with Gasteiger partial charge in [-0.3, -0.25) is 4.79 Å². The lowest BCUT2D eigenvalue weighted by atomic mass is 10.1. The molecule has 0 radical (unpaired) electrons. The number of carbonyl (C=O) groups excluding carboxylic acids is 1. The predicted octanol–water partition coefficient (Wildman–Crippen LogP) is 0.639. The molecule has 0 bridgehead atoms.